The van der Waals surface area contributed by atoms with Crippen molar-refractivity contribution in [2.45, 2.75) is 26.1 Å². The van der Waals surface area contributed by atoms with Crippen LogP contribution in [0.25, 0.3) is 0 Å². The van der Waals surface area contributed by atoms with Gasteiger partial charge in [-0.3, -0.25) is 4.79 Å². The maximum atomic E-state index is 12.4. The lowest BCUT2D eigenvalue weighted by molar-refractivity contribution is -0.0586. The number of rotatable bonds is 1. The number of amides is 1. The zero-order valence-electron chi connectivity index (χ0n) is 11.8. The summed E-state index contributed by atoms with van der Waals surface area (Å²) in [5.74, 6) is 5.41. The van der Waals surface area contributed by atoms with Gasteiger partial charge in [-0.2, -0.15) is 0 Å². The van der Waals surface area contributed by atoms with Crippen molar-refractivity contribution in [3.63, 3.8) is 0 Å². The molecule has 1 aliphatic rings. The van der Waals surface area contributed by atoms with E-state index in [1.807, 2.05) is 18.7 Å². The number of morpholine rings is 1. The first-order chi connectivity index (χ1) is 9.60. The third-order valence-corrected chi connectivity index (χ3v) is 3.15. The lowest BCUT2D eigenvalue weighted by atomic mass is 10.1. The Morgan fingerprint density at radius 1 is 1.30 bits per heavy atom. The van der Waals surface area contributed by atoms with Crippen LogP contribution in [0.3, 0.4) is 0 Å². The standard InChI is InChI=1S/C16H19NO3/c1-12-10-17(11-13(2)20-12)16(19)15-7-5-14(6-8-15)4-3-9-18/h5-8,12-13,18H,9-11H2,1-2H3/t12-,13+. The van der Waals surface area contributed by atoms with E-state index in [-0.39, 0.29) is 24.7 Å². The molecule has 0 aromatic heterocycles. The number of carbonyl (C=O) groups excluding carboxylic acids is 1. The molecule has 1 aromatic carbocycles. The second-order valence-corrected chi connectivity index (χ2v) is 5.00. The maximum absolute atomic E-state index is 12.4. The Hall–Kier alpha value is -1.83. The number of ether oxygens (including phenoxy) is 1. The van der Waals surface area contributed by atoms with Crippen molar-refractivity contribution in [3.8, 4) is 11.8 Å². The van der Waals surface area contributed by atoms with Crippen LogP contribution in [0.4, 0.5) is 0 Å². The van der Waals surface area contributed by atoms with Gasteiger partial charge in [0.05, 0.1) is 12.2 Å². The molecule has 20 heavy (non-hydrogen) atoms. The molecule has 4 nitrogen and oxygen atoms in total. The van der Waals surface area contributed by atoms with E-state index in [4.69, 9.17) is 9.84 Å². The molecule has 1 heterocycles. The van der Waals surface area contributed by atoms with Crippen molar-refractivity contribution in [2.24, 2.45) is 0 Å². The Bertz CT molecular complexity index is 517. The van der Waals surface area contributed by atoms with Crippen LogP contribution < -0.4 is 0 Å². The van der Waals surface area contributed by atoms with Crippen LogP contribution in [0.2, 0.25) is 0 Å². The SMILES string of the molecule is C[C@@H]1CN(C(=O)c2ccc(C#CCO)cc2)C[C@H](C)O1. The molecule has 1 saturated heterocycles. The van der Waals surface area contributed by atoms with Crippen molar-refractivity contribution >= 4 is 5.91 Å². The lowest BCUT2D eigenvalue weighted by Gasteiger charge is -2.35. The van der Waals surface area contributed by atoms with Crippen LogP contribution in [0.1, 0.15) is 29.8 Å². The molecule has 0 saturated carbocycles. The van der Waals surface area contributed by atoms with Gasteiger partial charge < -0.3 is 14.7 Å². The Morgan fingerprint density at radius 3 is 2.45 bits per heavy atom. The average Bonchev–Trinajstić information content (AvgIpc) is 2.44. The Labute approximate surface area is 119 Å². The third-order valence-electron chi connectivity index (χ3n) is 3.15. The largest absolute Gasteiger partial charge is 0.384 e. The Morgan fingerprint density at radius 2 is 1.90 bits per heavy atom. The molecule has 2 atom stereocenters. The summed E-state index contributed by atoms with van der Waals surface area (Å²) in [5, 5.41) is 8.64. The lowest BCUT2D eigenvalue weighted by Crippen LogP contribution is -2.48. The number of benzene rings is 1. The van der Waals surface area contributed by atoms with Crippen molar-refractivity contribution < 1.29 is 14.6 Å². The van der Waals surface area contributed by atoms with Crippen LogP contribution in [-0.4, -0.2) is 47.8 Å². The van der Waals surface area contributed by atoms with Gasteiger partial charge in [0.2, 0.25) is 0 Å². The molecular weight excluding hydrogens is 254 g/mol. The molecule has 0 bridgehead atoms. The summed E-state index contributed by atoms with van der Waals surface area (Å²) in [6, 6.07) is 7.13. The fourth-order valence-electron chi connectivity index (χ4n) is 2.36. The van der Waals surface area contributed by atoms with Crippen molar-refractivity contribution in [1.82, 2.24) is 4.90 Å². The summed E-state index contributed by atoms with van der Waals surface area (Å²) >= 11 is 0. The van der Waals surface area contributed by atoms with Gasteiger partial charge in [-0.05, 0) is 38.1 Å². The van der Waals surface area contributed by atoms with Crippen molar-refractivity contribution in [1.29, 1.82) is 0 Å². The number of aliphatic hydroxyl groups is 1. The number of hydrogen-bond donors (Lipinski definition) is 1. The van der Waals surface area contributed by atoms with Gasteiger partial charge in [-0.1, -0.05) is 11.8 Å². The molecule has 2 rings (SSSR count). The van der Waals surface area contributed by atoms with Gasteiger partial charge >= 0.3 is 0 Å². The summed E-state index contributed by atoms with van der Waals surface area (Å²) in [7, 11) is 0. The molecule has 0 aliphatic carbocycles. The first kappa shape index (κ1) is 14.6. The minimum Gasteiger partial charge on any atom is -0.384 e. The van der Waals surface area contributed by atoms with Crippen LogP contribution in [-0.2, 0) is 4.74 Å². The van der Waals surface area contributed by atoms with Crippen molar-refractivity contribution in [2.75, 3.05) is 19.7 Å². The quantitative estimate of drug-likeness (QED) is 0.784. The molecule has 4 heteroatoms. The Balaban J connectivity index is 2.09. The van der Waals surface area contributed by atoms with Gasteiger partial charge in [-0.15, -0.1) is 0 Å². The smallest absolute Gasteiger partial charge is 0.254 e. The molecule has 1 aromatic rings. The highest BCUT2D eigenvalue weighted by atomic mass is 16.5. The maximum Gasteiger partial charge on any atom is 0.254 e. The zero-order chi connectivity index (χ0) is 14.5. The van der Waals surface area contributed by atoms with Gasteiger partial charge in [-0.25, -0.2) is 0 Å². The highest BCUT2D eigenvalue weighted by molar-refractivity contribution is 5.94. The van der Waals surface area contributed by atoms with E-state index in [0.29, 0.717) is 18.7 Å². The molecule has 1 amide bonds. The monoisotopic (exact) mass is 273 g/mol. The molecule has 0 spiro atoms. The topological polar surface area (TPSA) is 49.8 Å². The predicted molar refractivity (Wildman–Crippen MR) is 76.3 cm³/mol. The van der Waals surface area contributed by atoms with E-state index < -0.39 is 0 Å². The van der Waals surface area contributed by atoms with E-state index in [9.17, 15) is 4.79 Å². The minimum atomic E-state index is -0.162. The van der Waals surface area contributed by atoms with Crippen LogP contribution >= 0.6 is 0 Å². The van der Waals surface area contributed by atoms with Crippen LogP contribution in [0, 0.1) is 11.8 Å². The van der Waals surface area contributed by atoms with E-state index in [1.54, 1.807) is 24.3 Å². The van der Waals surface area contributed by atoms with Crippen LogP contribution in [0.5, 0.6) is 0 Å². The predicted octanol–water partition coefficient (Wildman–Crippen LogP) is 1.28. The molecule has 0 radical (unpaired) electrons. The molecule has 106 valence electrons. The summed E-state index contributed by atoms with van der Waals surface area (Å²) < 4.78 is 5.63. The highest BCUT2D eigenvalue weighted by Crippen LogP contribution is 2.14. The summed E-state index contributed by atoms with van der Waals surface area (Å²) in [6.45, 7) is 5.03. The molecule has 1 fully saturated rings. The van der Waals surface area contributed by atoms with Crippen LogP contribution in [0.15, 0.2) is 24.3 Å². The number of nitrogens with zero attached hydrogens (tertiary/aromatic N) is 1. The van der Waals surface area contributed by atoms with E-state index in [2.05, 4.69) is 11.8 Å². The zero-order valence-corrected chi connectivity index (χ0v) is 11.8. The third kappa shape index (κ3) is 3.60. The summed E-state index contributed by atoms with van der Waals surface area (Å²) in [5.41, 5.74) is 1.44. The van der Waals surface area contributed by atoms with E-state index in [0.717, 1.165) is 5.56 Å². The normalized spacial score (nSPS) is 22.1. The van der Waals surface area contributed by atoms with Gasteiger partial charge in [0.1, 0.15) is 6.61 Å². The Kier molecular flexibility index (Phi) is 4.78. The molecule has 0 unspecified atom stereocenters. The molecule has 1 aliphatic heterocycles. The average molecular weight is 273 g/mol. The summed E-state index contributed by atoms with van der Waals surface area (Å²) in [4.78, 5) is 14.2. The first-order valence-electron chi connectivity index (χ1n) is 6.74. The van der Waals surface area contributed by atoms with Gasteiger partial charge in [0.15, 0.2) is 0 Å². The molecule has 1 N–H and O–H groups in total. The first-order valence-corrected chi connectivity index (χ1v) is 6.74. The summed E-state index contributed by atoms with van der Waals surface area (Å²) in [6.07, 6.45) is 0.134. The van der Waals surface area contributed by atoms with Gasteiger partial charge in [0, 0.05) is 24.2 Å². The van der Waals surface area contributed by atoms with Gasteiger partial charge in [0.25, 0.3) is 5.91 Å². The van der Waals surface area contributed by atoms with Crippen molar-refractivity contribution in [3.05, 3.63) is 35.4 Å². The molecular formula is C16H19NO3. The number of hydrogen-bond acceptors (Lipinski definition) is 3. The fourth-order valence-corrected chi connectivity index (χ4v) is 2.36. The number of aliphatic hydroxyl groups excluding tert-OH is 1. The highest BCUT2D eigenvalue weighted by Gasteiger charge is 2.26. The fraction of sp³-hybridized carbons (Fsp3) is 0.438. The minimum absolute atomic E-state index is 0.0219. The van der Waals surface area contributed by atoms with E-state index in [1.165, 1.54) is 0 Å². The number of carbonyl (C=O) groups is 1. The second-order valence-electron chi connectivity index (χ2n) is 5.00. The van der Waals surface area contributed by atoms with E-state index >= 15 is 0 Å². The second kappa shape index (κ2) is 6.56.